The van der Waals surface area contributed by atoms with Gasteiger partial charge in [-0.25, -0.2) is 0 Å². The van der Waals surface area contributed by atoms with E-state index in [0.29, 0.717) is 10.8 Å². The van der Waals surface area contributed by atoms with Crippen LogP contribution in [-0.2, 0) is 9.59 Å². The molecule has 5 nitrogen and oxygen atoms in total. The number of amides is 2. The van der Waals surface area contributed by atoms with Gasteiger partial charge in [0.05, 0.1) is 25.6 Å². The van der Waals surface area contributed by atoms with E-state index in [-0.39, 0.29) is 24.3 Å². The van der Waals surface area contributed by atoms with Gasteiger partial charge in [0, 0.05) is 11.9 Å². The highest BCUT2D eigenvalue weighted by atomic mass is 35.5. The van der Waals surface area contributed by atoms with Crippen molar-refractivity contribution in [1.29, 1.82) is 0 Å². The maximum Gasteiger partial charge on any atom is 0.223 e. The first-order chi connectivity index (χ1) is 14.5. The van der Waals surface area contributed by atoms with Gasteiger partial charge in [0.1, 0.15) is 5.75 Å². The standard InChI is InChI=1S/C23H23ClN2O3S/c1-15(27)25-21(16-5-9-20(29-2)10-6-16)13-22(28)26-23(18-11-12-30-14-18)17-3-7-19(24)8-4-17/h3-12,14,21,23H,13H2,1-2H3,(H,25,27)(H,26,28). The van der Waals surface area contributed by atoms with Gasteiger partial charge in [-0.3, -0.25) is 9.59 Å². The molecular formula is C23H23ClN2O3S. The molecule has 3 rings (SSSR count). The van der Waals surface area contributed by atoms with Crippen molar-refractivity contribution in [3.8, 4) is 5.75 Å². The Hall–Kier alpha value is -2.83. The summed E-state index contributed by atoms with van der Waals surface area (Å²) in [5, 5.41) is 10.6. The molecule has 156 valence electrons. The fraction of sp³-hybridized carbons (Fsp3) is 0.217. The SMILES string of the molecule is COc1ccc(C(CC(=O)NC(c2ccc(Cl)cc2)c2ccsc2)NC(C)=O)cc1. The van der Waals surface area contributed by atoms with Gasteiger partial charge in [-0.1, -0.05) is 35.9 Å². The van der Waals surface area contributed by atoms with Crippen LogP contribution in [0.2, 0.25) is 5.02 Å². The highest BCUT2D eigenvalue weighted by Crippen LogP contribution is 2.27. The van der Waals surface area contributed by atoms with Crippen molar-refractivity contribution in [2.24, 2.45) is 0 Å². The molecule has 0 radical (unpaired) electrons. The minimum absolute atomic E-state index is 0.111. The second kappa shape index (κ2) is 10.3. The minimum Gasteiger partial charge on any atom is -0.497 e. The van der Waals surface area contributed by atoms with Gasteiger partial charge < -0.3 is 15.4 Å². The smallest absolute Gasteiger partial charge is 0.223 e. The lowest BCUT2D eigenvalue weighted by atomic mass is 9.99. The third-order valence-corrected chi connectivity index (χ3v) is 5.62. The average molecular weight is 443 g/mol. The molecule has 2 atom stereocenters. The summed E-state index contributed by atoms with van der Waals surface area (Å²) >= 11 is 7.59. The maximum atomic E-state index is 13.0. The van der Waals surface area contributed by atoms with Crippen LogP contribution in [-0.4, -0.2) is 18.9 Å². The average Bonchev–Trinajstić information content (AvgIpc) is 3.27. The quantitative estimate of drug-likeness (QED) is 0.522. The normalized spacial score (nSPS) is 12.6. The first-order valence-corrected chi connectivity index (χ1v) is 10.8. The molecule has 2 amide bonds. The summed E-state index contributed by atoms with van der Waals surface area (Å²) in [5.41, 5.74) is 2.77. The first-order valence-electron chi connectivity index (χ1n) is 9.44. The van der Waals surface area contributed by atoms with Gasteiger partial charge in [0.15, 0.2) is 0 Å². The van der Waals surface area contributed by atoms with E-state index in [2.05, 4.69) is 10.6 Å². The van der Waals surface area contributed by atoms with Gasteiger partial charge >= 0.3 is 0 Å². The van der Waals surface area contributed by atoms with Crippen LogP contribution in [0.15, 0.2) is 65.4 Å². The highest BCUT2D eigenvalue weighted by Gasteiger charge is 2.22. The van der Waals surface area contributed by atoms with Gasteiger partial charge in [0.25, 0.3) is 0 Å². The molecule has 0 aliphatic rings. The second-order valence-corrected chi connectivity index (χ2v) is 8.06. The van der Waals surface area contributed by atoms with Crippen LogP contribution in [0.3, 0.4) is 0 Å². The third-order valence-electron chi connectivity index (χ3n) is 4.67. The molecule has 0 aliphatic heterocycles. The molecular weight excluding hydrogens is 420 g/mol. The van der Waals surface area contributed by atoms with E-state index in [9.17, 15) is 9.59 Å². The number of nitrogens with one attached hydrogen (secondary N) is 2. The summed E-state index contributed by atoms with van der Waals surface area (Å²) in [6.45, 7) is 1.44. The molecule has 0 fully saturated rings. The van der Waals surface area contributed by atoms with E-state index in [0.717, 1.165) is 16.7 Å². The van der Waals surface area contributed by atoms with Crippen molar-refractivity contribution < 1.29 is 14.3 Å². The molecule has 3 aromatic rings. The first kappa shape index (κ1) is 21.9. The molecule has 0 aliphatic carbocycles. The molecule has 1 aromatic heterocycles. The molecule has 1 heterocycles. The van der Waals surface area contributed by atoms with Gasteiger partial charge in [-0.05, 0) is 57.8 Å². The predicted molar refractivity (Wildman–Crippen MR) is 120 cm³/mol. The van der Waals surface area contributed by atoms with Crippen LogP contribution < -0.4 is 15.4 Å². The van der Waals surface area contributed by atoms with E-state index >= 15 is 0 Å². The highest BCUT2D eigenvalue weighted by molar-refractivity contribution is 7.08. The zero-order valence-electron chi connectivity index (χ0n) is 16.7. The fourth-order valence-electron chi connectivity index (χ4n) is 3.19. The lowest BCUT2D eigenvalue weighted by molar-refractivity contribution is -0.123. The zero-order valence-corrected chi connectivity index (χ0v) is 18.3. The Morgan fingerprint density at radius 2 is 1.63 bits per heavy atom. The molecule has 0 bridgehead atoms. The lowest BCUT2D eigenvalue weighted by Gasteiger charge is -2.22. The van der Waals surface area contributed by atoms with Crippen molar-refractivity contribution in [2.75, 3.05) is 7.11 Å². The summed E-state index contributed by atoms with van der Waals surface area (Å²) in [7, 11) is 1.59. The van der Waals surface area contributed by atoms with Crippen LogP contribution in [0.5, 0.6) is 5.75 Å². The van der Waals surface area contributed by atoms with E-state index in [1.807, 2.05) is 53.2 Å². The van der Waals surface area contributed by atoms with Crippen molar-refractivity contribution >= 4 is 34.8 Å². The number of hydrogen-bond acceptors (Lipinski definition) is 4. The van der Waals surface area contributed by atoms with Crippen molar-refractivity contribution in [3.05, 3.63) is 87.1 Å². The molecule has 0 saturated heterocycles. The summed E-state index contributed by atoms with van der Waals surface area (Å²) in [5.74, 6) is 0.344. The molecule has 2 aromatic carbocycles. The molecule has 0 saturated carbocycles. The monoisotopic (exact) mass is 442 g/mol. The number of hydrogen-bond donors (Lipinski definition) is 2. The Morgan fingerprint density at radius 3 is 2.20 bits per heavy atom. The number of carbonyl (C=O) groups excluding carboxylic acids is 2. The summed E-state index contributed by atoms with van der Waals surface area (Å²) < 4.78 is 5.19. The predicted octanol–water partition coefficient (Wildman–Crippen LogP) is 4.88. The number of methoxy groups -OCH3 is 1. The molecule has 2 N–H and O–H groups in total. The number of thiophene rings is 1. The van der Waals surface area contributed by atoms with Crippen molar-refractivity contribution in [2.45, 2.75) is 25.4 Å². The fourth-order valence-corrected chi connectivity index (χ4v) is 4.00. The Balaban J connectivity index is 1.79. The number of halogens is 1. The second-order valence-electron chi connectivity index (χ2n) is 6.84. The summed E-state index contributed by atoms with van der Waals surface area (Å²) in [4.78, 5) is 24.7. The Bertz CT molecular complexity index is 973. The molecule has 30 heavy (non-hydrogen) atoms. The molecule has 0 spiro atoms. The van der Waals surface area contributed by atoms with E-state index < -0.39 is 6.04 Å². The van der Waals surface area contributed by atoms with Crippen LogP contribution in [0.4, 0.5) is 0 Å². The van der Waals surface area contributed by atoms with Gasteiger partial charge in [-0.15, -0.1) is 0 Å². The topological polar surface area (TPSA) is 67.4 Å². The number of ether oxygens (including phenoxy) is 1. The molecule has 7 heteroatoms. The van der Waals surface area contributed by atoms with Crippen LogP contribution in [0, 0.1) is 0 Å². The number of carbonyl (C=O) groups is 2. The maximum absolute atomic E-state index is 13.0. The Labute approximate surface area is 185 Å². The van der Waals surface area contributed by atoms with Crippen molar-refractivity contribution in [1.82, 2.24) is 10.6 Å². The minimum atomic E-state index is -0.443. The Kier molecular flexibility index (Phi) is 7.49. The summed E-state index contributed by atoms with van der Waals surface area (Å²) in [6, 6.07) is 16.0. The van der Waals surface area contributed by atoms with Gasteiger partial charge in [-0.2, -0.15) is 11.3 Å². The van der Waals surface area contributed by atoms with Crippen LogP contribution in [0.25, 0.3) is 0 Å². The van der Waals surface area contributed by atoms with E-state index in [4.69, 9.17) is 16.3 Å². The number of rotatable bonds is 8. The van der Waals surface area contributed by atoms with Crippen LogP contribution in [0.1, 0.15) is 42.1 Å². The van der Waals surface area contributed by atoms with Crippen LogP contribution >= 0.6 is 22.9 Å². The van der Waals surface area contributed by atoms with Crippen molar-refractivity contribution in [3.63, 3.8) is 0 Å². The van der Waals surface area contributed by atoms with E-state index in [1.165, 1.54) is 6.92 Å². The largest absolute Gasteiger partial charge is 0.497 e. The number of benzene rings is 2. The third kappa shape index (κ3) is 5.84. The zero-order chi connectivity index (χ0) is 21.5. The van der Waals surface area contributed by atoms with E-state index in [1.54, 1.807) is 30.6 Å². The Morgan fingerprint density at radius 1 is 0.967 bits per heavy atom. The summed E-state index contributed by atoms with van der Waals surface area (Å²) in [6.07, 6.45) is 0.111. The molecule has 2 unspecified atom stereocenters. The lowest BCUT2D eigenvalue weighted by Crippen LogP contribution is -2.34. The van der Waals surface area contributed by atoms with Gasteiger partial charge in [0.2, 0.25) is 11.8 Å².